The second-order valence-corrected chi connectivity index (χ2v) is 12.5. The summed E-state index contributed by atoms with van der Waals surface area (Å²) < 4.78 is 16.4. The lowest BCUT2D eigenvalue weighted by atomic mass is 10.1. The lowest BCUT2D eigenvalue weighted by Crippen LogP contribution is -2.30. The molecule has 0 N–H and O–H groups in total. The number of hydrogen-bond donors (Lipinski definition) is 0. The lowest BCUT2D eigenvalue weighted by Gasteiger charge is -2.18. The van der Waals surface area contributed by atoms with E-state index in [1.807, 2.05) is 6.08 Å². The summed E-state index contributed by atoms with van der Waals surface area (Å²) in [7, 11) is 0. The van der Waals surface area contributed by atoms with E-state index in [-0.39, 0.29) is 31.6 Å². The van der Waals surface area contributed by atoms with Crippen molar-refractivity contribution in [2.24, 2.45) is 0 Å². The maximum atomic E-state index is 12.5. The van der Waals surface area contributed by atoms with Gasteiger partial charge in [0.1, 0.15) is 13.2 Å². The van der Waals surface area contributed by atoms with Crippen LogP contribution in [0.5, 0.6) is 0 Å². The van der Waals surface area contributed by atoms with Gasteiger partial charge in [-0.25, -0.2) is 0 Å². The third-order valence-electron chi connectivity index (χ3n) is 7.85. The number of carbonyl (C=O) groups is 3. The van der Waals surface area contributed by atoms with Gasteiger partial charge < -0.3 is 14.2 Å². The fourth-order valence-corrected chi connectivity index (χ4v) is 4.95. The second kappa shape index (κ2) is 36.2. The summed E-state index contributed by atoms with van der Waals surface area (Å²) in [5.74, 6) is -1.06. The molecular formula is C41H70O6. The van der Waals surface area contributed by atoms with Crippen LogP contribution in [0, 0.1) is 0 Å². The smallest absolute Gasteiger partial charge is 0.310 e. The van der Waals surface area contributed by atoms with Gasteiger partial charge >= 0.3 is 17.9 Å². The Bertz CT molecular complexity index is 856. The molecule has 1 atom stereocenters. The Kier molecular flexibility index (Phi) is 34.2. The van der Waals surface area contributed by atoms with Gasteiger partial charge in [0.15, 0.2) is 6.10 Å². The van der Waals surface area contributed by atoms with E-state index in [4.69, 9.17) is 14.2 Å². The summed E-state index contributed by atoms with van der Waals surface area (Å²) in [4.78, 5) is 37.3. The molecule has 0 aliphatic carbocycles. The summed E-state index contributed by atoms with van der Waals surface area (Å²) >= 11 is 0. The van der Waals surface area contributed by atoms with E-state index >= 15 is 0 Å². The highest BCUT2D eigenvalue weighted by atomic mass is 16.6. The Morgan fingerprint density at radius 1 is 0.468 bits per heavy atom. The van der Waals surface area contributed by atoms with Crippen LogP contribution in [0.15, 0.2) is 48.6 Å². The maximum Gasteiger partial charge on any atom is 0.310 e. The number of allylic oxidation sites excluding steroid dienone is 7. The zero-order valence-corrected chi connectivity index (χ0v) is 30.5. The first-order valence-electron chi connectivity index (χ1n) is 19.1. The van der Waals surface area contributed by atoms with Crippen LogP contribution in [0.2, 0.25) is 0 Å². The summed E-state index contributed by atoms with van der Waals surface area (Å²) in [5.41, 5.74) is 0. The Hall–Kier alpha value is -2.63. The van der Waals surface area contributed by atoms with E-state index in [1.54, 1.807) is 6.08 Å². The molecule has 0 aliphatic heterocycles. The van der Waals surface area contributed by atoms with E-state index in [0.717, 1.165) is 70.6 Å². The summed E-state index contributed by atoms with van der Waals surface area (Å²) in [6, 6.07) is 0. The fourth-order valence-electron chi connectivity index (χ4n) is 4.95. The van der Waals surface area contributed by atoms with Crippen molar-refractivity contribution in [1.82, 2.24) is 0 Å². The Balaban J connectivity index is 4.48. The SMILES string of the molecule is CC/C=C\C/C=C\C/C=C\CC(=O)OC(COC(=O)CCCCCCC/C=C\CCCC)COC(=O)CCCCCCCCCCC. The van der Waals surface area contributed by atoms with Crippen LogP contribution >= 0.6 is 0 Å². The summed E-state index contributed by atoms with van der Waals surface area (Å²) in [5, 5.41) is 0. The summed E-state index contributed by atoms with van der Waals surface area (Å²) in [6.07, 6.45) is 39.9. The number of rotatable bonds is 33. The van der Waals surface area contributed by atoms with Crippen LogP contribution in [0.1, 0.15) is 175 Å². The molecule has 0 radical (unpaired) electrons. The average Bonchev–Trinajstić information content (AvgIpc) is 3.06. The van der Waals surface area contributed by atoms with Crippen molar-refractivity contribution in [2.75, 3.05) is 13.2 Å². The molecule has 0 bridgehead atoms. The maximum absolute atomic E-state index is 12.5. The van der Waals surface area contributed by atoms with Crippen LogP contribution in [-0.4, -0.2) is 37.2 Å². The molecule has 47 heavy (non-hydrogen) atoms. The molecule has 270 valence electrons. The molecule has 6 nitrogen and oxygen atoms in total. The molecule has 0 fully saturated rings. The molecular weight excluding hydrogens is 588 g/mol. The quantitative estimate of drug-likeness (QED) is 0.0302. The third kappa shape index (κ3) is 34.5. The number of carbonyl (C=O) groups excluding carboxylic acids is 3. The van der Waals surface area contributed by atoms with E-state index in [9.17, 15) is 14.4 Å². The number of ether oxygens (including phenoxy) is 3. The number of unbranched alkanes of at least 4 members (excludes halogenated alkanes) is 15. The number of hydrogen-bond acceptors (Lipinski definition) is 6. The van der Waals surface area contributed by atoms with Crippen molar-refractivity contribution in [3.63, 3.8) is 0 Å². The van der Waals surface area contributed by atoms with E-state index in [1.165, 1.54) is 64.2 Å². The molecule has 0 saturated carbocycles. The molecule has 0 aromatic heterocycles. The Morgan fingerprint density at radius 3 is 1.45 bits per heavy atom. The van der Waals surface area contributed by atoms with Crippen molar-refractivity contribution in [3.8, 4) is 0 Å². The van der Waals surface area contributed by atoms with Gasteiger partial charge in [-0.2, -0.15) is 0 Å². The Labute approximate surface area is 288 Å². The van der Waals surface area contributed by atoms with Crippen molar-refractivity contribution < 1.29 is 28.6 Å². The van der Waals surface area contributed by atoms with Crippen LogP contribution < -0.4 is 0 Å². The monoisotopic (exact) mass is 659 g/mol. The normalized spacial score (nSPS) is 12.5. The minimum Gasteiger partial charge on any atom is -0.462 e. The van der Waals surface area contributed by atoms with Gasteiger partial charge in [-0.1, -0.05) is 153 Å². The van der Waals surface area contributed by atoms with Gasteiger partial charge in [0, 0.05) is 12.8 Å². The molecule has 0 saturated heterocycles. The van der Waals surface area contributed by atoms with Crippen molar-refractivity contribution >= 4 is 17.9 Å². The highest BCUT2D eigenvalue weighted by molar-refractivity contribution is 5.72. The van der Waals surface area contributed by atoms with E-state index in [0.29, 0.717) is 12.8 Å². The first-order valence-corrected chi connectivity index (χ1v) is 19.1. The molecule has 1 unspecified atom stereocenters. The standard InChI is InChI=1S/C41H70O6/c1-4-7-10-13-16-19-20-23-25-28-31-34-40(43)46-37-38(47-41(44)35-32-29-26-22-18-15-12-9-6-3)36-45-39(42)33-30-27-24-21-17-14-11-8-5-2/h9,12-13,16,18,22,29,32,38H,4-8,10-11,14-15,17,19-21,23-28,30-31,33-37H2,1-3H3/b12-9-,16-13-,22-18-,32-29-. The minimum atomic E-state index is -0.817. The highest BCUT2D eigenvalue weighted by Crippen LogP contribution is 2.12. The minimum absolute atomic E-state index is 0.106. The van der Waals surface area contributed by atoms with Crippen LogP contribution in [0.25, 0.3) is 0 Å². The topological polar surface area (TPSA) is 78.9 Å². The summed E-state index contributed by atoms with van der Waals surface area (Å²) in [6.45, 7) is 6.32. The van der Waals surface area contributed by atoms with Gasteiger partial charge in [0.25, 0.3) is 0 Å². The first-order chi connectivity index (χ1) is 23.0. The first kappa shape index (κ1) is 44.4. The number of esters is 3. The molecule has 0 heterocycles. The van der Waals surface area contributed by atoms with Crippen LogP contribution in [-0.2, 0) is 28.6 Å². The molecule has 0 aromatic carbocycles. The average molecular weight is 659 g/mol. The lowest BCUT2D eigenvalue weighted by molar-refractivity contribution is -0.166. The van der Waals surface area contributed by atoms with E-state index < -0.39 is 12.1 Å². The van der Waals surface area contributed by atoms with Crippen molar-refractivity contribution in [1.29, 1.82) is 0 Å². The predicted octanol–water partition coefficient (Wildman–Crippen LogP) is 11.6. The highest BCUT2D eigenvalue weighted by Gasteiger charge is 2.19. The van der Waals surface area contributed by atoms with Gasteiger partial charge in [-0.15, -0.1) is 0 Å². The largest absolute Gasteiger partial charge is 0.462 e. The Morgan fingerprint density at radius 2 is 0.915 bits per heavy atom. The van der Waals surface area contributed by atoms with Gasteiger partial charge in [0.2, 0.25) is 0 Å². The third-order valence-corrected chi connectivity index (χ3v) is 7.85. The molecule has 6 heteroatoms. The molecule has 0 rings (SSSR count). The van der Waals surface area contributed by atoms with E-state index in [2.05, 4.69) is 57.2 Å². The second-order valence-electron chi connectivity index (χ2n) is 12.5. The van der Waals surface area contributed by atoms with Crippen molar-refractivity contribution in [3.05, 3.63) is 48.6 Å². The fraction of sp³-hybridized carbons (Fsp3) is 0.732. The zero-order chi connectivity index (χ0) is 34.5. The zero-order valence-electron chi connectivity index (χ0n) is 30.5. The van der Waals surface area contributed by atoms with Gasteiger partial charge in [-0.3, -0.25) is 14.4 Å². The predicted molar refractivity (Wildman–Crippen MR) is 196 cm³/mol. The molecule has 0 aliphatic rings. The van der Waals surface area contributed by atoms with Gasteiger partial charge in [0.05, 0.1) is 6.42 Å². The van der Waals surface area contributed by atoms with Crippen molar-refractivity contribution in [2.45, 2.75) is 181 Å². The molecule has 0 spiro atoms. The molecule has 0 amide bonds. The van der Waals surface area contributed by atoms with Gasteiger partial charge in [-0.05, 0) is 51.4 Å². The van der Waals surface area contributed by atoms with Crippen LogP contribution in [0.3, 0.4) is 0 Å². The van der Waals surface area contributed by atoms with Crippen LogP contribution in [0.4, 0.5) is 0 Å². The molecule has 0 aromatic rings.